The summed E-state index contributed by atoms with van der Waals surface area (Å²) in [7, 11) is -1.91. The Bertz CT molecular complexity index is 842. The van der Waals surface area contributed by atoms with Gasteiger partial charge in [0.05, 0.1) is 24.2 Å². The lowest BCUT2D eigenvalue weighted by atomic mass is 10.2. The first-order chi connectivity index (χ1) is 14.6. The third-order valence-electron chi connectivity index (χ3n) is 6.31. The van der Waals surface area contributed by atoms with Crippen molar-refractivity contribution in [3.8, 4) is 0 Å². The van der Waals surface area contributed by atoms with E-state index in [1.165, 1.54) is 0 Å². The first-order valence-electron chi connectivity index (χ1n) is 11.4. The Morgan fingerprint density at radius 1 is 1.06 bits per heavy atom. The lowest BCUT2D eigenvalue weighted by Crippen LogP contribution is -2.47. The van der Waals surface area contributed by atoms with Crippen molar-refractivity contribution in [2.24, 2.45) is 5.73 Å². The highest BCUT2D eigenvalue weighted by Gasteiger charge is 2.44. The lowest BCUT2D eigenvalue weighted by molar-refractivity contribution is 0.154. The predicted molar refractivity (Wildman–Crippen MR) is 129 cm³/mol. The van der Waals surface area contributed by atoms with Crippen LogP contribution >= 0.6 is 0 Å². The molecule has 1 amide bonds. The predicted octanol–water partition coefficient (Wildman–Crippen LogP) is 5.58. The van der Waals surface area contributed by atoms with E-state index in [-0.39, 0.29) is 0 Å². The van der Waals surface area contributed by atoms with Crippen molar-refractivity contribution in [1.29, 1.82) is 0 Å². The Hall–Kier alpha value is -2.06. The van der Waals surface area contributed by atoms with Crippen LogP contribution < -0.4 is 11.5 Å². The van der Waals surface area contributed by atoms with Gasteiger partial charge in [-0.05, 0) is 53.6 Å². The van der Waals surface area contributed by atoms with Crippen LogP contribution in [0.4, 0.5) is 10.7 Å². The van der Waals surface area contributed by atoms with Crippen LogP contribution in [0.2, 0.25) is 16.6 Å². The van der Waals surface area contributed by atoms with Gasteiger partial charge in [-0.1, -0.05) is 47.6 Å². The zero-order valence-electron chi connectivity index (χ0n) is 20.0. The fourth-order valence-corrected chi connectivity index (χ4v) is 10.4. The molecule has 1 aromatic heterocycles. The van der Waals surface area contributed by atoms with Gasteiger partial charge in [-0.25, -0.2) is 9.78 Å². The molecule has 0 fully saturated rings. The van der Waals surface area contributed by atoms with Crippen LogP contribution in [0.25, 0.3) is 11.0 Å². The average Bonchev–Trinajstić information content (AvgIpc) is 2.98. The Morgan fingerprint density at radius 2 is 1.71 bits per heavy atom. The number of imidazole rings is 1. The van der Waals surface area contributed by atoms with Gasteiger partial charge in [-0.15, -0.1) is 0 Å². The number of amides is 1. The molecule has 0 aliphatic heterocycles. The minimum atomic E-state index is -1.91. The van der Waals surface area contributed by atoms with Crippen LogP contribution in [-0.4, -0.2) is 30.6 Å². The Morgan fingerprint density at radius 3 is 2.29 bits per heavy atom. The normalized spacial score (nSPS) is 12.4. The standard InChI is InChI=1S/C23H40N4O3Si/c1-16(2)31(17(3)4,18(5)6)30-15-19-10-11-21-20(14-19)26-22(24)27(21)12-8-7-9-13-29-23(25)28/h10-11,14,16-18H,7-9,12-13,15H2,1-6H3,(H2,24,26)(H2,25,28). The third-order valence-corrected chi connectivity index (χ3v) is 12.4. The Labute approximate surface area is 187 Å². The third kappa shape index (κ3) is 6.01. The highest BCUT2D eigenvalue weighted by atomic mass is 28.4. The minimum absolute atomic E-state index is 0.354. The van der Waals surface area contributed by atoms with Crippen LogP contribution in [0.5, 0.6) is 0 Å². The molecule has 4 N–H and O–H groups in total. The van der Waals surface area contributed by atoms with Crippen molar-refractivity contribution in [3.63, 3.8) is 0 Å². The number of carbonyl (C=O) groups excluding carboxylic acids is 1. The van der Waals surface area contributed by atoms with Crippen molar-refractivity contribution in [2.75, 3.05) is 12.3 Å². The molecule has 2 rings (SSSR count). The first-order valence-corrected chi connectivity index (χ1v) is 13.5. The largest absolute Gasteiger partial charge is 0.450 e. The summed E-state index contributed by atoms with van der Waals surface area (Å²) >= 11 is 0. The second kappa shape index (κ2) is 11.0. The number of nitrogens with zero attached hydrogens (tertiary/aromatic N) is 2. The van der Waals surface area contributed by atoms with Gasteiger partial charge in [0, 0.05) is 6.54 Å². The van der Waals surface area contributed by atoms with Gasteiger partial charge in [0.1, 0.15) is 0 Å². The number of carbonyl (C=O) groups is 1. The van der Waals surface area contributed by atoms with Crippen molar-refractivity contribution in [3.05, 3.63) is 23.8 Å². The van der Waals surface area contributed by atoms with E-state index in [4.69, 9.17) is 20.6 Å². The van der Waals surface area contributed by atoms with Crippen molar-refractivity contribution < 1.29 is 14.0 Å². The SMILES string of the molecule is CC(C)[Si](OCc1ccc2c(c1)nc(N)n2CCCCCOC(N)=O)(C(C)C)C(C)C. The number of primary amides is 1. The van der Waals surface area contributed by atoms with E-state index < -0.39 is 14.4 Å². The molecule has 0 spiro atoms. The van der Waals surface area contributed by atoms with Gasteiger partial charge < -0.3 is 25.2 Å². The van der Waals surface area contributed by atoms with Crippen molar-refractivity contribution >= 4 is 31.4 Å². The molecule has 174 valence electrons. The van der Waals surface area contributed by atoms with Crippen molar-refractivity contribution in [2.45, 2.75) is 90.6 Å². The molecular formula is C23H40N4O3Si. The zero-order valence-corrected chi connectivity index (χ0v) is 21.0. The second-order valence-corrected chi connectivity index (χ2v) is 14.7. The molecule has 7 nitrogen and oxygen atoms in total. The summed E-state index contributed by atoms with van der Waals surface area (Å²) < 4.78 is 13.5. The van der Waals surface area contributed by atoms with E-state index in [0.717, 1.165) is 42.4 Å². The molecular weight excluding hydrogens is 408 g/mol. The maximum atomic E-state index is 10.6. The molecule has 31 heavy (non-hydrogen) atoms. The van der Waals surface area contributed by atoms with Crippen LogP contribution in [0.3, 0.4) is 0 Å². The summed E-state index contributed by atoms with van der Waals surface area (Å²) in [4.78, 5) is 15.2. The highest BCUT2D eigenvalue weighted by molar-refractivity contribution is 6.77. The van der Waals surface area contributed by atoms with Crippen LogP contribution in [0.15, 0.2) is 18.2 Å². The molecule has 2 aromatic rings. The number of nitrogens with two attached hydrogens (primary N) is 2. The number of unbranched alkanes of at least 4 members (excludes halogenated alkanes) is 2. The monoisotopic (exact) mass is 448 g/mol. The first kappa shape index (κ1) is 25.2. The van der Waals surface area contributed by atoms with Gasteiger partial charge in [0.2, 0.25) is 14.3 Å². The fraction of sp³-hybridized carbons (Fsp3) is 0.652. The van der Waals surface area contributed by atoms with Gasteiger partial charge in [0.15, 0.2) is 0 Å². The number of aromatic nitrogens is 2. The van der Waals surface area contributed by atoms with Gasteiger partial charge in [-0.3, -0.25) is 0 Å². The topological polar surface area (TPSA) is 105 Å². The van der Waals surface area contributed by atoms with Crippen LogP contribution in [0, 0.1) is 0 Å². The fourth-order valence-electron chi connectivity index (χ4n) is 4.95. The van der Waals surface area contributed by atoms with Crippen LogP contribution in [0.1, 0.15) is 66.4 Å². The molecule has 1 heterocycles. The molecule has 0 radical (unpaired) electrons. The summed E-state index contributed by atoms with van der Waals surface area (Å²) in [6.07, 6.45) is 1.91. The number of hydrogen-bond acceptors (Lipinski definition) is 5. The van der Waals surface area contributed by atoms with Gasteiger partial charge >= 0.3 is 6.09 Å². The number of fused-ring (bicyclic) bond motifs is 1. The summed E-state index contributed by atoms with van der Waals surface area (Å²) in [6, 6.07) is 6.32. The number of rotatable bonds is 12. The molecule has 0 saturated heterocycles. The zero-order chi connectivity index (χ0) is 23.2. The van der Waals surface area contributed by atoms with E-state index in [0.29, 0.717) is 35.8 Å². The maximum absolute atomic E-state index is 10.6. The summed E-state index contributed by atoms with van der Waals surface area (Å²) in [5, 5.41) is 0. The maximum Gasteiger partial charge on any atom is 0.404 e. The molecule has 0 saturated carbocycles. The van der Waals surface area contributed by atoms with E-state index in [1.807, 2.05) is 4.57 Å². The number of anilines is 1. The lowest BCUT2D eigenvalue weighted by Gasteiger charge is -2.42. The number of benzene rings is 1. The molecule has 0 aliphatic rings. The molecule has 1 aromatic carbocycles. The summed E-state index contributed by atoms with van der Waals surface area (Å²) in [6.45, 7) is 15.6. The highest BCUT2D eigenvalue weighted by Crippen LogP contribution is 2.42. The smallest absolute Gasteiger partial charge is 0.404 e. The Balaban J connectivity index is 2.06. The van der Waals surface area contributed by atoms with Crippen molar-refractivity contribution in [1.82, 2.24) is 9.55 Å². The van der Waals surface area contributed by atoms with E-state index >= 15 is 0 Å². The second-order valence-electron chi connectivity index (χ2n) is 9.28. The molecule has 0 aliphatic carbocycles. The molecule has 0 bridgehead atoms. The minimum Gasteiger partial charge on any atom is -0.450 e. The van der Waals surface area contributed by atoms with Gasteiger partial charge in [-0.2, -0.15) is 0 Å². The number of ether oxygens (including phenoxy) is 1. The quantitative estimate of drug-likeness (QED) is 0.326. The van der Waals surface area contributed by atoms with E-state index in [2.05, 4.69) is 64.7 Å². The number of nitrogen functional groups attached to an aromatic ring is 1. The van der Waals surface area contributed by atoms with E-state index in [1.54, 1.807) is 0 Å². The summed E-state index contributed by atoms with van der Waals surface area (Å²) in [5.41, 5.74) is 15.9. The summed E-state index contributed by atoms with van der Waals surface area (Å²) in [5.74, 6) is 0.525. The molecule has 0 unspecified atom stereocenters. The molecule has 0 atom stereocenters. The van der Waals surface area contributed by atoms with Gasteiger partial charge in [0.25, 0.3) is 0 Å². The average molecular weight is 449 g/mol. The Kier molecular flexibility index (Phi) is 8.94. The molecule has 8 heteroatoms. The van der Waals surface area contributed by atoms with Crippen LogP contribution in [-0.2, 0) is 22.3 Å². The van der Waals surface area contributed by atoms with E-state index in [9.17, 15) is 4.79 Å². The number of aryl methyl sites for hydroxylation is 1. The number of hydrogen-bond donors (Lipinski definition) is 2.